The summed E-state index contributed by atoms with van der Waals surface area (Å²) in [5.74, 6) is 0.578. The molecule has 0 bridgehead atoms. The van der Waals surface area contributed by atoms with Gasteiger partial charge in [0.1, 0.15) is 5.75 Å². The van der Waals surface area contributed by atoms with E-state index in [1.165, 1.54) is 11.3 Å². The second-order valence-corrected chi connectivity index (χ2v) is 5.86. The molecule has 0 aliphatic carbocycles. The molecule has 0 atom stereocenters. The molecule has 100 valence electrons. The molecule has 0 N–H and O–H groups in total. The minimum Gasteiger partial charge on any atom is -0.485 e. The first-order chi connectivity index (χ1) is 9.74. The van der Waals surface area contributed by atoms with Gasteiger partial charge in [-0.3, -0.25) is 9.78 Å². The quantitative estimate of drug-likeness (QED) is 0.678. The fourth-order valence-corrected chi connectivity index (χ4v) is 2.85. The Hall–Kier alpha value is -1.91. The molecule has 1 aromatic carbocycles. The second-order valence-electron chi connectivity index (χ2n) is 4.14. The van der Waals surface area contributed by atoms with Gasteiger partial charge in [0, 0.05) is 11.6 Å². The molecule has 3 rings (SSSR count). The number of nitrogens with zero attached hydrogens (tertiary/aromatic N) is 1. The fourth-order valence-electron chi connectivity index (χ4n) is 1.88. The summed E-state index contributed by atoms with van der Waals surface area (Å²) in [7, 11) is 0. The number of halogens is 1. The van der Waals surface area contributed by atoms with Crippen molar-refractivity contribution < 1.29 is 9.53 Å². The molecule has 0 aliphatic rings. The molecule has 0 amide bonds. The largest absolute Gasteiger partial charge is 0.485 e. The zero-order valence-electron chi connectivity index (χ0n) is 10.4. The number of pyridine rings is 1. The van der Waals surface area contributed by atoms with Crippen LogP contribution in [0.2, 0.25) is 4.34 Å². The SMILES string of the molecule is O=C(COc1cccc2ncccc12)c1ccc(Cl)s1. The van der Waals surface area contributed by atoms with E-state index in [1.807, 2.05) is 30.3 Å². The van der Waals surface area contributed by atoms with Crippen molar-refractivity contribution >= 4 is 39.6 Å². The lowest BCUT2D eigenvalue weighted by molar-refractivity contribution is 0.0926. The van der Waals surface area contributed by atoms with E-state index in [9.17, 15) is 4.79 Å². The van der Waals surface area contributed by atoms with Crippen LogP contribution in [0.3, 0.4) is 0 Å². The van der Waals surface area contributed by atoms with Gasteiger partial charge in [0.15, 0.2) is 6.61 Å². The molecule has 2 aromatic heterocycles. The zero-order chi connectivity index (χ0) is 13.9. The highest BCUT2D eigenvalue weighted by Gasteiger charge is 2.10. The summed E-state index contributed by atoms with van der Waals surface area (Å²) in [6.45, 7) is -0.00908. The van der Waals surface area contributed by atoms with Crippen molar-refractivity contribution in [1.82, 2.24) is 4.98 Å². The van der Waals surface area contributed by atoms with Crippen LogP contribution in [0.15, 0.2) is 48.7 Å². The molecule has 3 aromatic rings. The monoisotopic (exact) mass is 303 g/mol. The van der Waals surface area contributed by atoms with Gasteiger partial charge in [-0.1, -0.05) is 17.7 Å². The number of hydrogen-bond acceptors (Lipinski definition) is 4. The normalized spacial score (nSPS) is 10.7. The highest BCUT2D eigenvalue weighted by atomic mass is 35.5. The van der Waals surface area contributed by atoms with Crippen molar-refractivity contribution in [3.05, 3.63) is 57.9 Å². The Bertz CT molecular complexity index is 764. The number of thiophene rings is 1. The van der Waals surface area contributed by atoms with Crippen molar-refractivity contribution in [3.8, 4) is 5.75 Å². The third-order valence-corrected chi connectivity index (χ3v) is 4.08. The molecule has 0 radical (unpaired) electrons. The van der Waals surface area contributed by atoms with E-state index >= 15 is 0 Å². The van der Waals surface area contributed by atoms with Gasteiger partial charge in [0.25, 0.3) is 0 Å². The van der Waals surface area contributed by atoms with Crippen molar-refractivity contribution in [2.24, 2.45) is 0 Å². The summed E-state index contributed by atoms with van der Waals surface area (Å²) in [5.41, 5.74) is 0.844. The van der Waals surface area contributed by atoms with Crippen LogP contribution in [0.1, 0.15) is 9.67 Å². The molecule has 2 heterocycles. The standard InChI is InChI=1S/C15H10ClNO2S/c16-15-7-6-14(20-15)12(18)9-19-13-5-1-4-11-10(13)3-2-8-17-11/h1-8H,9H2. The van der Waals surface area contributed by atoms with Gasteiger partial charge in [-0.2, -0.15) is 0 Å². The van der Waals surface area contributed by atoms with Crippen LogP contribution in [-0.2, 0) is 0 Å². The summed E-state index contributed by atoms with van der Waals surface area (Å²) in [6, 6.07) is 12.8. The maximum atomic E-state index is 12.0. The maximum Gasteiger partial charge on any atom is 0.210 e. The van der Waals surface area contributed by atoms with E-state index in [0.717, 1.165) is 10.9 Å². The number of ketones is 1. The summed E-state index contributed by atoms with van der Waals surface area (Å²) < 4.78 is 6.22. The van der Waals surface area contributed by atoms with E-state index < -0.39 is 0 Å². The Labute approximate surface area is 124 Å². The molecular formula is C15H10ClNO2S. The Morgan fingerprint density at radius 2 is 2.10 bits per heavy atom. The molecule has 5 heteroatoms. The number of benzene rings is 1. The number of carbonyl (C=O) groups excluding carboxylic acids is 1. The summed E-state index contributed by atoms with van der Waals surface area (Å²) >= 11 is 7.08. The van der Waals surface area contributed by atoms with Gasteiger partial charge in [-0.15, -0.1) is 11.3 Å². The van der Waals surface area contributed by atoms with Gasteiger partial charge in [-0.25, -0.2) is 0 Å². The Morgan fingerprint density at radius 3 is 2.90 bits per heavy atom. The number of fused-ring (bicyclic) bond motifs is 1. The maximum absolute atomic E-state index is 12.0. The lowest BCUT2D eigenvalue weighted by atomic mass is 10.2. The molecule has 0 unspecified atom stereocenters. The van der Waals surface area contributed by atoms with Gasteiger partial charge in [0.2, 0.25) is 5.78 Å². The van der Waals surface area contributed by atoms with Crippen molar-refractivity contribution in [2.75, 3.05) is 6.61 Å². The molecule has 0 aliphatic heterocycles. The molecule has 0 saturated carbocycles. The fraction of sp³-hybridized carbons (Fsp3) is 0.0667. The highest BCUT2D eigenvalue weighted by molar-refractivity contribution is 7.18. The van der Waals surface area contributed by atoms with Crippen LogP contribution < -0.4 is 4.74 Å². The molecule has 20 heavy (non-hydrogen) atoms. The van der Waals surface area contributed by atoms with Crippen LogP contribution in [-0.4, -0.2) is 17.4 Å². The number of Topliss-reactive ketones (excluding diaryl/α,β-unsaturated/α-hetero) is 1. The van der Waals surface area contributed by atoms with Gasteiger partial charge >= 0.3 is 0 Å². The Balaban J connectivity index is 1.79. The Kier molecular flexibility index (Phi) is 3.67. The van der Waals surface area contributed by atoms with Crippen LogP contribution in [0.5, 0.6) is 5.75 Å². The second kappa shape index (κ2) is 5.61. The van der Waals surface area contributed by atoms with Crippen molar-refractivity contribution in [2.45, 2.75) is 0 Å². The molecule has 0 saturated heterocycles. The predicted molar refractivity (Wildman–Crippen MR) is 80.9 cm³/mol. The number of carbonyl (C=O) groups is 1. The first-order valence-corrected chi connectivity index (χ1v) is 7.18. The minimum absolute atomic E-state index is 0.00908. The van der Waals surface area contributed by atoms with E-state index in [1.54, 1.807) is 18.3 Å². The first kappa shape index (κ1) is 13.1. The molecule has 3 nitrogen and oxygen atoms in total. The highest BCUT2D eigenvalue weighted by Crippen LogP contribution is 2.25. The van der Waals surface area contributed by atoms with E-state index in [-0.39, 0.29) is 12.4 Å². The summed E-state index contributed by atoms with van der Waals surface area (Å²) in [6.07, 6.45) is 1.73. The average molecular weight is 304 g/mol. The molecular weight excluding hydrogens is 294 g/mol. The summed E-state index contributed by atoms with van der Waals surface area (Å²) in [4.78, 5) is 16.8. The lowest BCUT2D eigenvalue weighted by Crippen LogP contribution is -2.10. The number of rotatable bonds is 4. The minimum atomic E-state index is -0.0807. The first-order valence-electron chi connectivity index (χ1n) is 5.99. The van der Waals surface area contributed by atoms with Crippen molar-refractivity contribution in [1.29, 1.82) is 0 Å². The topological polar surface area (TPSA) is 39.2 Å². The van der Waals surface area contributed by atoms with Gasteiger partial charge in [0.05, 0.1) is 14.7 Å². The molecule has 0 spiro atoms. The molecule has 0 fully saturated rings. The van der Waals surface area contributed by atoms with Gasteiger partial charge in [-0.05, 0) is 36.4 Å². The smallest absolute Gasteiger partial charge is 0.210 e. The third kappa shape index (κ3) is 2.66. The predicted octanol–water partition coefficient (Wildman–Crippen LogP) is 4.21. The van der Waals surface area contributed by atoms with E-state index in [4.69, 9.17) is 16.3 Å². The van der Waals surface area contributed by atoms with Crippen LogP contribution in [0, 0.1) is 0 Å². The van der Waals surface area contributed by atoms with Gasteiger partial charge < -0.3 is 4.74 Å². The lowest BCUT2D eigenvalue weighted by Gasteiger charge is -2.07. The average Bonchev–Trinajstić information content (AvgIpc) is 2.91. The number of ether oxygens (including phenoxy) is 1. The van der Waals surface area contributed by atoms with E-state index in [0.29, 0.717) is 15.0 Å². The van der Waals surface area contributed by atoms with Crippen molar-refractivity contribution in [3.63, 3.8) is 0 Å². The zero-order valence-corrected chi connectivity index (χ0v) is 11.9. The van der Waals surface area contributed by atoms with Crippen LogP contribution in [0.4, 0.5) is 0 Å². The number of aromatic nitrogens is 1. The van der Waals surface area contributed by atoms with Crippen LogP contribution in [0.25, 0.3) is 10.9 Å². The number of hydrogen-bond donors (Lipinski definition) is 0. The third-order valence-electron chi connectivity index (χ3n) is 2.81. The van der Waals surface area contributed by atoms with E-state index in [2.05, 4.69) is 4.98 Å². The summed E-state index contributed by atoms with van der Waals surface area (Å²) in [5, 5.41) is 0.895. The Morgan fingerprint density at radius 1 is 1.20 bits per heavy atom. The van der Waals surface area contributed by atoms with Crippen LogP contribution >= 0.6 is 22.9 Å².